The fourth-order valence-electron chi connectivity index (χ4n) is 2.10. The number of allylic oxidation sites excluding steroid dienone is 1. The zero-order valence-electron chi connectivity index (χ0n) is 13.1. The number of phenolic OH excluding ortho intramolecular Hbond substituents is 1. The first-order valence-electron chi connectivity index (χ1n) is 7.27. The second-order valence-electron chi connectivity index (χ2n) is 5.12. The monoisotopic (exact) mass is 296 g/mol. The molecule has 0 atom stereocenters. The molecule has 0 saturated heterocycles. The van der Waals surface area contributed by atoms with E-state index >= 15 is 0 Å². The van der Waals surface area contributed by atoms with E-state index in [9.17, 15) is 9.90 Å². The first-order valence-corrected chi connectivity index (χ1v) is 7.27. The van der Waals surface area contributed by atoms with Gasteiger partial charge in [0.1, 0.15) is 0 Å². The van der Waals surface area contributed by atoms with Gasteiger partial charge >= 0.3 is 0 Å². The van der Waals surface area contributed by atoms with Gasteiger partial charge in [0, 0.05) is 11.1 Å². The summed E-state index contributed by atoms with van der Waals surface area (Å²) in [7, 11) is 0. The molecule has 0 aliphatic carbocycles. The number of rotatable bonds is 5. The third-order valence-electron chi connectivity index (χ3n) is 3.54. The number of hydrogen-bond acceptors (Lipinski definition) is 3. The van der Waals surface area contributed by atoms with Gasteiger partial charge in [-0.3, -0.25) is 4.79 Å². The molecule has 0 aliphatic heterocycles. The van der Waals surface area contributed by atoms with Crippen molar-refractivity contribution in [1.82, 2.24) is 0 Å². The van der Waals surface area contributed by atoms with E-state index in [4.69, 9.17) is 4.74 Å². The van der Waals surface area contributed by atoms with E-state index in [1.807, 2.05) is 39.0 Å². The van der Waals surface area contributed by atoms with Crippen LogP contribution in [0, 0.1) is 13.8 Å². The molecule has 0 saturated carbocycles. The highest BCUT2D eigenvalue weighted by molar-refractivity contribution is 6.07. The highest BCUT2D eigenvalue weighted by Crippen LogP contribution is 2.30. The van der Waals surface area contributed by atoms with Gasteiger partial charge in [-0.05, 0) is 56.2 Å². The van der Waals surface area contributed by atoms with Crippen LogP contribution in [0.3, 0.4) is 0 Å². The molecular formula is C19H20O3. The van der Waals surface area contributed by atoms with Gasteiger partial charge < -0.3 is 9.84 Å². The lowest BCUT2D eigenvalue weighted by atomic mass is 10.0. The van der Waals surface area contributed by atoms with Crippen LogP contribution in [-0.4, -0.2) is 17.5 Å². The molecule has 2 aromatic carbocycles. The molecule has 0 fully saturated rings. The molecule has 22 heavy (non-hydrogen) atoms. The molecule has 1 N–H and O–H groups in total. The Bertz CT molecular complexity index is 715. The summed E-state index contributed by atoms with van der Waals surface area (Å²) in [5, 5.41) is 10.1. The lowest BCUT2D eigenvalue weighted by Gasteiger charge is -2.07. The van der Waals surface area contributed by atoms with Gasteiger partial charge in [-0.1, -0.05) is 24.3 Å². The van der Waals surface area contributed by atoms with Crippen molar-refractivity contribution >= 4 is 11.9 Å². The fourth-order valence-corrected chi connectivity index (χ4v) is 2.10. The van der Waals surface area contributed by atoms with E-state index in [0.717, 1.165) is 11.1 Å². The molecular weight excluding hydrogens is 276 g/mol. The van der Waals surface area contributed by atoms with Gasteiger partial charge in [0.2, 0.25) is 0 Å². The Balaban J connectivity index is 2.22. The molecule has 0 unspecified atom stereocenters. The number of carbonyl (C=O) groups is 1. The fraction of sp³-hybridized carbons (Fsp3) is 0.211. The van der Waals surface area contributed by atoms with Gasteiger partial charge in [-0.15, -0.1) is 0 Å². The molecule has 0 bridgehead atoms. The van der Waals surface area contributed by atoms with E-state index in [0.29, 0.717) is 23.5 Å². The van der Waals surface area contributed by atoms with Gasteiger partial charge in [0.05, 0.1) is 6.61 Å². The number of ether oxygens (including phenoxy) is 1. The van der Waals surface area contributed by atoms with Crippen LogP contribution in [0.2, 0.25) is 0 Å². The van der Waals surface area contributed by atoms with Crippen LogP contribution in [0.15, 0.2) is 42.5 Å². The van der Waals surface area contributed by atoms with Crippen molar-refractivity contribution in [2.45, 2.75) is 20.8 Å². The van der Waals surface area contributed by atoms with Crippen LogP contribution in [0.5, 0.6) is 11.5 Å². The first-order chi connectivity index (χ1) is 10.5. The maximum atomic E-state index is 12.2. The summed E-state index contributed by atoms with van der Waals surface area (Å²) in [4.78, 5) is 12.2. The Morgan fingerprint density at radius 3 is 2.64 bits per heavy atom. The average Bonchev–Trinajstić information content (AvgIpc) is 2.51. The zero-order chi connectivity index (χ0) is 16.1. The third kappa shape index (κ3) is 3.55. The number of carbonyl (C=O) groups excluding carboxylic acids is 1. The summed E-state index contributed by atoms with van der Waals surface area (Å²) in [5.41, 5.74) is 3.44. The molecule has 3 heteroatoms. The van der Waals surface area contributed by atoms with Crippen molar-refractivity contribution in [3.05, 3.63) is 64.7 Å². The van der Waals surface area contributed by atoms with Crippen molar-refractivity contribution in [1.29, 1.82) is 0 Å². The number of aryl methyl sites for hydroxylation is 2. The van der Waals surface area contributed by atoms with Crippen LogP contribution in [0.25, 0.3) is 6.08 Å². The van der Waals surface area contributed by atoms with Crippen LogP contribution in [0.1, 0.15) is 34.0 Å². The summed E-state index contributed by atoms with van der Waals surface area (Å²) in [6.45, 7) is 6.32. The van der Waals surface area contributed by atoms with Gasteiger partial charge in [-0.2, -0.15) is 0 Å². The molecule has 2 rings (SSSR count). The number of benzene rings is 2. The Labute approximate surface area is 130 Å². The summed E-state index contributed by atoms with van der Waals surface area (Å²) in [5.74, 6) is 0.376. The normalized spacial score (nSPS) is 10.9. The van der Waals surface area contributed by atoms with E-state index in [1.165, 1.54) is 6.08 Å². The summed E-state index contributed by atoms with van der Waals surface area (Å²) >= 11 is 0. The van der Waals surface area contributed by atoms with Crippen molar-refractivity contribution in [2.24, 2.45) is 0 Å². The number of hydrogen-bond donors (Lipinski definition) is 1. The highest BCUT2D eigenvalue weighted by atomic mass is 16.5. The Hall–Kier alpha value is -2.55. The molecule has 0 aromatic heterocycles. The topological polar surface area (TPSA) is 46.5 Å². The molecule has 0 heterocycles. The maximum absolute atomic E-state index is 12.2. The lowest BCUT2D eigenvalue weighted by Crippen LogP contribution is -1.96. The minimum absolute atomic E-state index is 0.0495. The zero-order valence-corrected chi connectivity index (χ0v) is 13.1. The number of aromatic hydroxyl groups is 1. The second kappa shape index (κ2) is 6.94. The van der Waals surface area contributed by atoms with Crippen LogP contribution >= 0.6 is 0 Å². The number of para-hydroxylation sites is 1. The molecule has 0 amide bonds. The van der Waals surface area contributed by atoms with Gasteiger partial charge in [0.15, 0.2) is 17.3 Å². The standard InChI is InChI=1S/C19H20O3/c1-4-22-18-7-5-6-15(19(18)21)10-11-17(20)16-9-8-13(2)14(3)12-16/h5-12,21H,4H2,1-3H3/b11-10+. The van der Waals surface area contributed by atoms with Gasteiger partial charge in [0.25, 0.3) is 0 Å². The highest BCUT2D eigenvalue weighted by Gasteiger charge is 2.07. The molecule has 0 radical (unpaired) electrons. The first kappa shape index (κ1) is 15.8. The molecule has 2 aromatic rings. The van der Waals surface area contributed by atoms with Crippen molar-refractivity contribution in [3.63, 3.8) is 0 Å². The second-order valence-corrected chi connectivity index (χ2v) is 5.12. The summed E-state index contributed by atoms with van der Waals surface area (Å²) in [6, 6.07) is 10.8. The predicted molar refractivity (Wildman–Crippen MR) is 88.6 cm³/mol. The van der Waals surface area contributed by atoms with Crippen LogP contribution in [0.4, 0.5) is 0 Å². The minimum atomic E-state index is -0.0932. The summed E-state index contributed by atoms with van der Waals surface area (Å²) < 4.78 is 5.33. The Morgan fingerprint density at radius 2 is 1.95 bits per heavy atom. The Kier molecular flexibility index (Phi) is 4.99. The van der Waals surface area contributed by atoms with Crippen LogP contribution in [-0.2, 0) is 0 Å². The molecule has 0 spiro atoms. The van der Waals surface area contributed by atoms with E-state index in [-0.39, 0.29) is 11.5 Å². The predicted octanol–water partition coefficient (Wildman–Crippen LogP) is 4.30. The third-order valence-corrected chi connectivity index (χ3v) is 3.54. The van der Waals surface area contributed by atoms with Crippen molar-refractivity contribution in [3.8, 4) is 11.5 Å². The maximum Gasteiger partial charge on any atom is 0.185 e. The molecule has 114 valence electrons. The Morgan fingerprint density at radius 1 is 1.18 bits per heavy atom. The van der Waals surface area contributed by atoms with Crippen molar-refractivity contribution < 1.29 is 14.6 Å². The lowest BCUT2D eigenvalue weighted by molar-refractivity contribution is 0.104. The largest absolute Gasteiger partial charge is 0.504 e. The van der Waals surface area contributed by atoms with E-state index in [1.54, 1.807) is 24.3 Å². The van der Waals surface area contributed by atoms with Crippen LogP contribution < -0.4 is 4.74 Å². The van der Waals surface area contributed by atoms with E-state index in [2.05, 4.69) is 0 Å². The number of phenols is 1. The van der Waals surface area contributed by atoms with Gasteiger partial charge in [-0.25, -0.2) is 0 Å². The molecule has 3 nitrogen and oxygen atoms in total. The quantitative estimate of drug-likeness (QED) is 0.661. The number of ketones is 1. The smallest absolute Gasteiger partial charge is 0.185 e. The average molecular weight is 296 g/mol. The van der Waals surface area contributed by atoms with E-state index < -0.39 is 0 Å². The minimum Gasteiger partial charge on any atom is -0.504 e. The SMILES string of the molecule is CCOc1cccc(/C=C/C(=O)c2ccc(C)c(C)c2)c1O. The molecule has 0 aliphatic rings. The summed E-state index contributed by atoms with van der Waals surface area (Å²) in [6.07, 6.45) is 3.07. The van der Waals surface area contributed by atoms with Crippen molar-refractivity contribution in [2.75, 3.05) is 6.61 Å².